The SMILES string of the molecule is COc1cc(C=CC(=O)OC2C(OC3C(CO)OC(Oc4c(-c5ccc(O)cc5)oc5cc(O)cc(O)c5c4=O)C(O)C3O)OC(CO)C(O)C2O)ccc1O. The number of aliphatic hydroxyl groups is 6. The van der Waals surface area contributed by atoms with E-state index in [2.05, 4.69) is 0 Å². The summed E-state index contributed by atoms with van der Waals surface area (Å²) in [5.41, 5.74) is -0.714. The zero-order valence-electron chi connectivity index (χ0n) is 29.2. The number of aliphatic hydroxyl groups excluding tert-OH is 6. The Kier molecular flexibility index (Phi) is 12.0. The smallest absolute Gasteiger partial charge is 0.331 e. The van der Waals surface area contributed by atoms with Crippen LogP contribution in [-0.4, -0.2) is 139 Å². The molecule has 3 aromatic carbocycles. The van der Waals surface area contributed by atoms with Gasteiger partial charge in [0.1, 0.15) is 70.9 Å². The van der Waals surface area contributed by atoms with Crippen molar-refractivity contribution in [2.45, 2.75) is 61.4 Å². The first-order valence-electron chi connectivity index (χ1n) is 16.9. The first-order valence-corrected chi connectivity index (χ1v) is 16.9. The molecule has 2 aliphatic rings. The molecule has 19 nitrogen and oxygen atoms in total. The highest BCUT2D eigenvalue weighted by Gasteiger charge is 2.52. The van der Waals surface area contributed by atoms with Crippen LogP contribution in [0, 0.1) is 0 Å². The summed E-state index contributed by atoms with van der Waals surface area (Å²) in [5.74, 6) is -3.34. The normalized spacial score (nSPS) is 28.0. The summed E-state index contributed by atoms with van der Waals surface area (Å²) < 4.78 is 39.2. The molecule has 3 heterocycles. The van der Waals surface area contributed by atoms with E-state index in [1.54, 1.807) is 0 Å². The molecule has 2 fully saturated rings. The number of ether oxygens (including phenoxy) is 6. The molecule has 0 saturated carbocycles. The predicted octanol–water partition coefficient (Wildman–Crippen LogP) is -0.442. The standard InChI is InChI=1S/C37H38O19/c1-50-21-10-15(2-8-19(21)42)3-9-25(44)54-35-29(47)27(45)23(13-38)52-37(35)55-33-24(14-39)53-36(31(49)30(33)48)56-34-28(46)26-20(43)11-18(41)12-22(26)51-32(34)16-4-6-17(40)7-5-16/h2-12,23-24,27,29-31,33,35-43,45,47-49H,13-14H2,1H3. The Bertz CT molecular complexity index is 2110. The first kappa shape index (κ1) is 40.2. The number of aromatic hydroxyl groups is 4. The molecule has 2 aliphatic heterocycles. The second kappa shape index (κ2) is 16.7. The Labute approximate surface area is 315 Å². The van der Waals surface area contributed by atoms with Gasteiger partial charge in [-0.2, -0.15) is 0 Å². The molecule has 56 heavy (non-hydrogen) atoms. The minimum atomic E-state index is -2.09. The average molecular weight is 787 g/mol. The lowest BCUT2D eigenvalue weighted by Gasteiger charge is -2.46. The van der Waals surface area contributed by atoms with Crippen molar-refractivity contribution in [1.29, 1.82) is 0 Å². The highest BCUT2D eigenvalue weighted by molar-refractivity contribution is 5.88. The van der Waals surface area contributed by atoms with Gasteiger partial charge in [0, 0.05) is 23.8 Å². The molecule has 6 rings (SSSR count). The summed E-state index contributed by atoms with van der Waals surface area (Å²) >= 11 is 0. The van der Waals surface area contributed by atoms with Crippen molar-refractivity contribution in [3.05, 3.63) is 76.5 Å². The number of phenols is 4. The number of esters is 1. The summed E-state index contributed by atoms with van der Waals surface area (Å²) in [6.07, 6.45) is -16.1. The van der Waals surface area contributed by atoms with Crippen molar-refractivity contribution in [3.8, 4) is 45.8 Å². The van der Waals surface area contributed by atoms with Gasteiger partial charge in [0.15, 0.2) is 29.7 Å². The molecule has 10 atom stereocenters. The van der Waals surface area contributed by atoms with E-state index in [4.69, 9.17) is 32.8 Å². The summed E-state index contributed by atoms with van der Waals surface area (Å²) in [7, 11) is 1.33. The Morgan fingerprint density at radius 2 is 1.45 bits per heavy atom. The van der Waals surface area contributed by atoms with Crippen LogP contribution in [0.5, 0.6) is 34.5 Å². The summed E-state index contributed by atoms with van der Waals surface area (Å²) in [6, 6.07) is 11.4. The van der Waals surface area contributed by atoms with Gasteiger partial charge in [-0.3, -0.25) is 4.79 Å². The maximum absolute atomic E-state index is 13.8. The van der Waals surface area contributed by atoms with E-state index in [-0.39, 0.29) is 34.2 Å². The number of hydrogen-bond acceptors (Lipinski definition) is 19. The third-order valence-corrected chi connectivity index (χ3v) is 9.09. The van der Waals surface area contributed by atoms with Gasteiger partial charge in [0.05, 0.1) is 20.3 Å². The van der Waals surface area contributed by atoms with Gasteiger partial charge >= 0.3 is 5.97 Å². The fourth-order valence-electron chi connectivity index (χ4n) is 6.19. The third kappa shape index (κ3) is 8.07. The van der Waals surface area contributed by atoms with Crippen LogP contribution >= 0.6 is 0 Å². The number of rotatable bonds is 11. The maximum atomic E-state index is 13.8. The molecule has 10 N–H and O–H groups in total. The van der Waals surface area contributed by atoms with Crippen LogP contribution < -0.4 is 14.9 Å². The van der Waals surface area contributed by atoms with Crippen LogP contribution in [0.15, 0.2) is 69.9 Å². The molecule has 0 aliphatic carbocycles. The van der Waals surface area contributed by atoms with Crippen molar-refractivity contribution in [3.63, 3.8) is 0 Å². The lowest BCUT2D eigenvalue weighted by Crippen LogP contribution is -2.65. The van der Waals surface area contributed by atoms with Crippen LogP contribution in [-0.2, 0) is 23.7 Å². The third-order valence-electron chi connectivity index (χ3n) is 9.09. The number of carbonyl (C=O) groups is 1. The molecule has 2 saturated heterocycles. The molecule has 300 valence electrons. The van der Waals surface area contributed by atoms with E-state index < -0.39 is 109 Å². The molecule has 1 aromatic heterocycles. The Hall–Kier alpha value is -5.48. The number of fused-ring (bicyclic) bond motifs is 1. The molecule has 4 aromatic rings. The molecule has 19 heteroatoms. The fourth-order valence-corrected chi connectivity index (χ4v) is 6.19. The average Bonchev–Trinajstić information content (AvgIpc) is 3.17. The van der Waals surface area contributed by atoms with Crippen molar-refractivity contribution in [1.82, 2.24) is 0 Å². The lowest BCUT2D eigenvalue weighted by molar-refractivity contribution is -0.352. The molecular weight excluding hydrogens is 748 g/mol. The van der Waals surface area contributed by atoms with E-state index in [1.165, 1.54) is 55.7 Å². The first-order chi connectivity index (χ1) is 26.7. The maximum Gasteiger partial charge on any atom is 0.331 e. The van der Waals surface area contributed by atoms with Crippen LogP contribution in [0.3, 0.4) is 0 Å². The molecule has 0 radical (unpaired) electrons. The van der Waals surface area contributed by atoms with E-state index in [9.17, 15) is 60.7 Å². The Morgan fingerprint density at radius 3 is 2.12 bits per heavy atom. The largest absolute Gasteiger partial charge is 0.508 e. The van der Waals surface area contributed by atoms with Gasteiger partial charge < -0.3 is 83.9 Å². The highest BCUT2D eigenvalue weighted by atomic mass is 16.7. The van der Waals surface area contributed by atoms with Gasteiger partial charge in [-0.15, -0.1) is 0 Å². The van der Waals surface area contributed by atoms with Crippen molar-refractivity contribution < 1.29 is 88.7 Å². The van der Waals surface area contributed by atoms with E-state index in [0.29, 0.717) is 5.56 Å². The predicted molar refractivity (Wildman–Crippen MR) is 188 cm³/mol. The molecule has 10 unspecified atom stereocenters. The van der Waals surface area contributed by atoms with Gasteiger partial charge in [-0.1, -0.05) is 6.07 Å². The zero-order chi connectivity index (χ0) is 40.4. The van der Waals surface area contributed by atoms with Crippen molar-refractivity contribution >= 4 is 23.0 Å². The fraction of sp³-hybridized carbons (Fsp3) is 0.351. The monoisotopic (exact) mass is 786 g/mol. The number of carbonyl (C=O) groups excluding carboxylic acids is 1. The van der Waals surface area contributed by atoms with E-state index >= 15 is 0 Å². The van der Waals surface area contributed by atoms with Crippen LogP contribution in [0.4, 0.5) is 0 Å². The van der Waals surface area contributed by atoms with Crippen molar-refractivity contribution in [2.75, 3.05) is 20.3 Å². The van der Waals surface area contributed by atoms with Gasteiger partial charge in [-0.25, -0.2) is 4.79 Å². The van der Waals surface area contributed by atoms with Crippen LogP contribution in [0.1, 0.15) is 5.56 Å². The van der Waals surface area contributed by atoms with E-state index in [1.807, 2.05) is 0 Å². The molecule has 0 amide bonds. The molecule has 0 spiro atoms. The zero-order valence-corrected chi connectivity index (χ0v) is 29.2. The number of phenolic OH excluding ortho intramolecular Hbond substituents is 4. The Morgan fingerprint density at radius 1 is 0.768 bits per heavy atom. The highest BCUT2D eigenvalue weighted by Crippen LogP contribution is 2.38. The summed E-state index contributed by atoms with van der Waals surface area (Å²) in [4.78, 5) is 26.7. The second-order valence-corrected chi connectivity index (χ2v) is 12.8. The van der Waals surface area contributed by atoms with Gasteiger partial charge in [0.25, 0.3) is 0 Å². The minimum absolute atomic E-state index is 0.115. The lowest BCUT2D eigenvalue weighted by atomic mass is 9.96. The quantitative estimate of drug-likeness (QED) is 0.0680. The number of methoxy groups -OCH3 is 1. The molecule has 0 bridgehead atoms. The Balaban J connectivity index is 1.26. The molecular formula is C37H38O19. The number of hydrogen-bond donors (Lipinski definition) is 10. The van der Waals surface area contributed by atoms with Crippen LogP contribution in [0.25, 0.3) is 28.4 Å². The van der Waals surface area contributed by atoms with Gasteiger partial charge in [-0.05, 0) is 48.0 Å². The van der Waals surface area contributed by atoms with Crippen LogP contribution in [0.2, 0.25) is 0 Å². The second-order valence-electron chi connectivity index (χ2n) is 12.8. The van der Waals surface area contributed by atoms with E-state index in [0.717, 1.165) is 18.2 Å². The van der Waals surface area contributed by atoms with Gasteiger partial charge in [0.2, 0.25) is 17.5 Å². The van der Waals surface area contributed by atoms with Crippen molar-refractivity contribution in [2.24, 2.45) is 0 Å². The number of benzene rings is 3. The minimum Gasteiger partial charge on any atom is -0.508 e. The topological polar surface area (TPSA) is 305 Å². The summed E-state index contributed by atoms with van der Waals surface area (Å²) in [6.45, 7) is -1.78. The summed E-state index contributed by atoms with van der Waals surface area (Å²) in [5, 5.41) is 104.